The van der Waals surface area contributed by atoms with Crippen LogP contribution in [0.1, 0.15) is 42.1 Å². The zero-order valence-electron chi connectivity index (χ0n) is 10.7. The number of aryl methyl sites for hydroxylation is 1. The fourth-order valence-electron chi connectivity index (χ4n) is 1.67. The number of hydrogen-bond donors (Lipinski definition) is 2. The molecule has 3 heteroatoms. The summed E-state index contributed by atoms with van der Waals surface area (Å²) in [7, 11) is 0. The van der Waals surface area contributed by atoms with Crippen LogP contribution in [0.15, 0.2) is 24.3 Å². The molecule has 1 aromatic rings. The molecule has 0 aromatic heterocycles. The molecule has 0 aliphatic heterocycles. The Morgan fingerprint density at radius 1 is 1.35 bits per heavy atom. The average molecular weight is 234 g/mol. The third kappa shape index (κ3) is 4.57. The van der Waals surface area contributed by atoms with Gasteiger partial charge in [0, 0.05) is 18.2 Å². The van der Waals surface area contributed by atoms with Gasteiger partial charge in [-0.3, -0.25) is 4.79 Å². The molecule has 3 N–H and O–H groups in total. The van der Waals surface area contributed by atoms with E-state index in [4.69, 9.17) is 5.73 Å². The quantitative estimate of drug-likeness (QED) is 0.793. The highest BCUT2D eigenvalue weighted by Gasteiger charge is 2.11. The van der Waals surface area contributed by atoms with Gasteiger partial charge in [-0.25, -0.2) is 0 Å². The first kappa shape index (κ1) is 13.7. The summed E-state index contributed by atoms with van der Waals surface area (Å²) in [6.45, 7) is 4.64. The van der Waals surface area contributed by atoms with E-state index in [9.17, 15) is 4.79 Å². The lowest BCUT2D eigenvalue weighted by Gasteiger charge is -2.16. The Bertz CT molecular complexity index is 346. The van der Waals surface area contributed by atoms with Crippen molar-refractivity contribution in [3.05, 3.63) is 35.4 Å². The molecule has 94 valence electrons. The maximum Gasteiger partial charge on any atom is 0.251 e. The zero-order valence-corrected chi connectivity index (χ0v) is 10.7. The number of benzene rings is 1. The molecule has 3 nitrogen and oxygen atoms in total. The highest BCUT2D eigenvalue weighted by molar-refractivity contribution is 5.94. The summed E-state index contributed by atoms with van der Waals surface area (Å²) in [4.78, 5) is 11.9. The van der Waals surface area contributed by atoms with Gasteiger partial charge in [0.15, 0.2) is 0 Å². The van der Waals surface area contributed by atoms with Crippen molar-refractivity contribution >= 4 is 5.91 Å². The van der Waals surface area contributed by atoms with Gasteiger partial charge < -0.3 is 11.1 Å². The molecule has 0 aliphatic rings. The monoisotopic (exact) mass is 234 g/mol. The molecule has 1 rings (SSSR count). The van der Waals surface area contributed by atoms with Crippen molar-refractivity contribution in [1.82, 2.24) is 5.32 Å². The number of nitrogens with one attached hydrogen (secondary N) is 1. The maximum atomic E-state index is 11.9. The van der Waals surface area contributed by atoms with Crippen molar-refractivity contribution < 1.29 is 4.79 Å². The largest absolute Gasteiger partial charge is 0.348 e. The first-order chi connectivity index (χ1) is 8.17. The van der Waals surface area contributed by atoms with Crippen LogP contribution in [0.4, 0.5) is 0 Å². The Kier molecular flexibility index (Phi) is 5.70. The Labute approximate surface area is 103 Å². The lowest BCUT2D eigenvalue weighted by molar-refractivity contribution is 0.0936. The number of nitrogens with two attached hydrogens (primary N) is 1. The van der Waals surface area contributed by atoms with E-state index in [1.807, 2.05) is 31.2 Å². The van der Waals surface area contributed by atoms with E-state index < -0.39 is 0 Å². The van der Waals surface area contributed by atoms with Crippen LogP contribution in [-0.4, -0.2) is 18.5 Å². The van der Waals surface area contributed by atoms with Crippen LogP contribution in [0.2, 0.25) is 0 Å². The Hall–Kier alpha value is -1.35. The molecule has 17 heavy (non-hydrogen) atoms. The summed E-state index contributed by atoms with van der Waals surface area (Å²) in [6.07, 6.45) is 3.16. The van der Waals surface area contributed by atoms with Gasteiger partial charge in [-0.05, 0) is 25.5 Å². The predicted molar refractivity (Wildman–Crippen MR) is 71.0 cm³/mol. The molecule has 0 saturated carbocycles. The molecule has 1 unspecified atom stereocenters. The summed E-state index contributed by atoms with van der Waals surface area (Å²) in [6, 6.07) is 7.66. The smallest absolute Gasteiger partial charge is 0.251 e. The number of unbranched alkanes of at least 4 members (excludes halogenated alkanes) is 1. The van der Waals surface area contributed by atoms with Crippen LogP contribution < -0.4 is 11.1 Å². The molecule has 0 radical (unpaired) electrons. The van der Waals surface area contributed by atoms with E-state index in [0.29, 0.717) is 12.1 Å². The fraction of sp³-hybridized carbons (Fsp3) is 0.500. The minimum absolute atomic E-state index is 0.0310. The van der Waals surface area contributed by atoms with Crippen LogP contribution in [0, 0.1) is 6.92 Å². The van der Waals surface area contributed by atoms with E-state index in [1.165, 1.54) is 0 Å². The number of carbonyl (C=O) groups excluding carboxylic acids is 1. The molecule has 0 heterocycles. The molecule has 0 aliphatic carbocycles. The van der Waals surface area contributed by atoms with Crippen molar-refractivity contribution in [2.24, 2.45) is 5.73 Å². The molecule has 1 amide bonds. The Balaban J connectivity index is 2.54. The van der Waals surface area contributed by atoms with Crippen molar-refractivity contribution in [2.75, 3.05) is 6.54 Å². The Morgan fingerprint density at radius 2 is 2.00 bits per heavy atom. The van der Waals surface area contributed by atoms with Gasteiger partial charge in [-0.2, -0.15) is 0 Å². The summed E-state index contributed by atoms with van der Waals surface area (Å²) in [5, 5.41) is 2.97. The van der Waals surface area contributed by atoms with Gasteiger partial charge in [0.2, 0.25) is 0 Å². The van der Waals surface area contributed by atoms with Crippen LogP contribution in [0.3, 0.4) is 0 Å². The van der Waals surface area contributed by atoms with E-state index in [-0.39, 0.29) is 11.9 Å². The van der Waals surface area contributed by atoms with E-state index in [0.717, 1.165) is 24.8 Å². The topological polar surface area (TPSA) is 55.1 Å². The van der Waals surface area contributed by atoms with Gasteiger partial charge >= 0.3 is 0 Å². The molecular weight excluding hydrogens is 212 g/mol. The molecular formula is C14H22N2O. The van der Waals surface area contributed by atoms with Gasteiger partial charge in [0.25, 0.3) is 5.91 Å². The van der Waals surface area contributed by atoms with E-state index in [1.54, 1.807) is 0 Å². The van der Waals surface area contributed by atoms with Gasteiger partial charge in [0.05, 0.1) is 0 Å². The number of amides is 1. The molecule has 0 saturated heterocycles. The molecule has 0 bridgehead atoms. The van der Waals surface area contributed by atoms with Gasteiger partial charge in [-0.1, -0.05) is 37.5 Å². The van der Waals surface area contributed by atoms with Crippen molar-refractivity contribution in [3.8, 4) is 0 Å². The highest BCUT2D eigenvalue weighted by Crippen LogP contribution is 2.05. The molecule has 1 aromatic carbocycles. The average Bonchev–Trinajstić information content (AvgIpc) is 2.35. The maximum absolute atomic E-state index is 11.9. The van der Waals surface area contributed by atoms with Crippen LogP contribution in [-0.2, 0) is 0 Å². The zero-order chi connectivity index (χ0) is 12.7. The van der Waals surface area contributed by atoms with Crippen LogP contribution >= 0.6 is 0 Å². The van der Waals surface area contributed by atoms with Crippen molar-refractivity contribution in [3.63, 3.8) is 0 Å². The second-order valence-electron chi connectivity index (χ2n) is 4.41. The fourth-order valence-corrected chi connectivity index (χ4v) is 1.67. The summed E-state index contributed by atoms with van der Waals surface area (Å²) in [5.41, 5.74) is 7.50. The van der Waals surface area contributed by atoms with Crippen LogP contribution in [0.5, 0.6) is 0 Å². The second-order valence-corrected chi connectivity index (χ2v) is 4.41. The molecule has 1 atom stereocenters. The van der Waals surface area contributed by atoms with Gasteiger partial charge in [-0.15, -0.1) is 0 Å². The lowest BCUT2D eigenvalue weighted by Crippen LogP contribution is -2.40. The molecule has 0 spiro atoms. The standard InChI is InChI=1S/C14H22N2O/c1-3-4-5-13(10-15)16-14(17)12-8-6-11(2)7-9-12/h6-9,13H,3-5,10,15H2,1-2H3,(H,16,17). The lowest BCUT2D eigenvalue weighted by atomic mass is 10.1. The third-order valence-corrected chi connectivity index (χ3v) is 2.84. The highest BCUT2D eigenvalue weighted by atomic mass is 16.1. The number of hydrogen-bond acceptors (Lipinski definition) is 2. The predicted octanol–water partition coefficient (Wildman–Crippen LogP) is 2.24. The SMILES string of the molecule is CCCCC(CN)NC(=O)c1ccc(C)cc1. The summed E-state index contributed by atoms with van der Waals surface area (Å²) < 4.78 is 0. The Morgan fingerprint density at radius 3 is 2.53 bits per heavy atom. The van der Waals surface area contributed by atoms with E-state index >= 15 is 0 Å². The second kappa shape index (κ2) is 7.07. The minimum atomic E-state index is -0.0310. The van der Waals surface area contributed by atoms with Crippen LogP contribution in [0.25, 0.3) is 0 Å². The normalized spacial score (nSPS) is 12.2. The summed E-state index contributed by atoms with van der Waals surface area (Å²) >= 11 is 0. The first-order valence-corrected chi connectivity index (χ1v) is 6.25. The number of carbonyl (C=O) groups is 1. The number of rotatable bonds is 6. The molecule has 0 fully saturated rings. The van der Waals surface area contributed by atoms with Gasteiger partial charge in [0.1, 0.15) is 0 Å². The van der Waals surface area contributed by atoms with Crippen molar-refractivity contribution in [1.29, 1.82) is 0 Å². The summed E-state index contributed by atoms with van der Waals surface area (Å²) in [5.74, 6) is -0.0310. The van der Waals surface area contributed by atoms with Crippen molar-refractivity contribution in [2.45, 2.75) is 39.2 Å². The van der Waals surface area contributed by atoms with E-state index in [2.05, 4.69) is 12.2 Å². The first-order valence-electron chi connectivity index (χ1n) is 6.25. The third-order valence-electron chi connectivity index (χ3n) is 2.84. The minimum Gasteiger partial charge on any atom is -0.348 e.